The fourth-order valence-corrected chi connectivity index (χ4v) is 1.45. The number of hydrogen-bond donors (Lipinski definition) is 0. The molecule has 1 aromatic carbocycles. The van der Waals surface area contributed by atoms with E-state index >= 15 is 0 Å². The second kappa shape index (κ2) is 6.29. The van der Waals surface area contributed by atoms with Crippen molar-refractivity contribution in [3.8, 4) is 11.8 Å². The summed E-state index contributed by atoms with van der Waals surface area (Å²) in [5, 5.41) is 8.81. The van der Waals surface area contributed by atoms with Crippen molar-refractivity contribution >= 4 is 0 Å². The van der Waals surface area contributed by atoms with Crippen molar-refractivity contribution in [1.82, 2.24) is 0 Å². The summed E-state index contributed by atoms with van der Waals surface area (Å²) in [6, 6.07) is 4.67. The van der Waals surface area contributed by atoms with Crippen molar-refractivity contribution in [2.75, 3.05) is 6.61 Å². The second-order valence-electron chi connectivity index (χ2n) is 3.88. The molecule has 98 valence electrons. The largest absolute Gasteiger partial charge is 0.492 e. The molecule has 0 radical (unpaired) electrons. The van der Waals surface area contributed by atoms with Crippen LogP contribution < -0.4 is 4.74 Å². The van der Waals surface area contributed by atoms with Crippen LogP contribution in [0.2, 0.25) is 0 Å². The molecule has 2 nitrogen and oxygen atoms in total. The van der Waals surface area contributed by atoms with Crippen molar-refractivity contribution in [1.29, 1.82) is 5.26 Å². The van der Waals surface area contributed by atoms with Gasteiger partial charge in [0.1, 0.15) is 11.8 Å². The molecule has 0 bridgehead atoms. The van der Waals surface area contributed by atoms with Crippen LogP contribution >= 0.6 is 0 Å². The van der Waals surface area contributed by atoms with Crippen LogP contribution in [0.5, 0.6) is 5.75 Å². The Balaban J connectivity index is 2.79. The Bertz CT molecular complexity index is 435. The highest BCUT2D eigenvalue weighted by Crippen LogP contribution is 2.32. The van der Waals surface area contributed by atoms with Crippen LogP contribution in [0.25, 0.3) is 0 Å². The maximum Gasteiger partial charge on any atom is 0.416 e. The number of alkyl halides is 3. The fraction of sp³-hybridized carbons (Fsp3) is 0.462. The molecule has 0 heterocycles. The van der Waals surface area contributed by atoms with Gasteiger partial charge in [-0.05, 0) is 24.6 Å². The third-order valence-electron chi connectivity index (χ3n) is 2.43. The Morgan fingerprint density at radius 1 is 1.28 bits per heavy atom. The molecule has 0 fully saturated rings. The molecule has 18 heavy (non-hydrogen) atoms. The maximum absolute atomic E-state index is 12.4. The molecule has 0 saturated carbocycles. The van der Waals surface area contributed by atoms with Gasteiger partial charge < -0.3 is 4.74 Å². The maximum atomic E-state index is 12.4. The Hall–Kier alpha value is -1.70. The molecule has 0 N–H and O–H groups in total. The van der Waals surface area contributed by atoms with Gasteiger partial charge in [0.25, 0.3) is 0 Å². The van der Waals surface area contributed by atoms with Crippen LogP contribution in [0.1, 0.15) is 37.3 Å². The molecule has 0 aliphatic carbocycles. The smallest absolute Gasteiger partial charge is 0.416 e. The first-order valence-corrected chi connectivity index (χ1v) is 5.73. The van der Waals surface area contributed by atoms with Crippen LogP contribution in [0.15, 0.2) is 18.2 Å². The van der Waals surface area contributed by atoms with Gasteiger partial charge in [-0.3, -0.25) is 0 Å². The summed E-state index contributed by atoms with van der Waals surface area (Å²) in [6.07, 6.45) is -1.60. The molecule has 0 unspecified atom stereocenters. The molecule has 1 aromatic rings. The van der Waals surface area contributed by atoms with Gasteiger partial charge in [0.2, 0.25) is 0 Å². The van der Waals surface area contributed by atoms with Crippen molar-refractivity contribution < 1.29 is 17.9 Å². The number of halogens is 3. The van der Waals surface area contributed by atoms with Gasteiger partial charge in [-0.2, -0.15) is 18.4 Å². The van der Waals surface area contributed by atoms with E-state index in [2.05, 4.69) is 0 Å². The minimum absolute atomic E-state index is 0.0821. The summed E-state index contributed by atoms with van der Waals surface area (Å²) in [5.41, 5.74) is -0.915. The number of ether oxygens (including phenoxy) is 1. The van der Waals surface area contributed by atoms with E-state index in [1.807, 2.05) is 6.92 Å². The Labute approximate surface area is 104 Å². The minimum Gasteiger partial charge on any atom is -0.492 e. The minimum atomic E-state index is -4.44. The molecule has 0 saturated heterocycles. The molecular weight excluding hydrogens is 243 g/mol. The van der Waals surface area contributed by atoms with Crippen LogP contribution in [0, 0.1) is 11.3 Å². The average Bonchev–Trinajstić information content (AvgIpc) is 2.33. The lowest BCUT2D eigenvalue weighted by Crippen LogP contribution is -2.06. The molecule has 0 spiro atoms. The summed E-state index contributed by atoms with van der Waals surface area (Å²) in [6.45, 7) is 2.45. The molecule has 0 aromatic heterocycles. The standard InChI is InChI=1S/C13H14F3NO/c1-2-3-4-7-18-12-6-5-11(13(14,15)16)8-10(12)9-17/h5-6,8H,2-4,7H2,1H3. The lowest BCUT2D eigenvalue weighted by Gasteiger charge is -2.11. The number of nitriles is 1. The predicted molar refractivity (Wildman–Crippen MR) is 61.2 cm³/mol. The molecule has 0 aliphatic rings. The zero-order valence-electron chi connectivity index (χ0n) is 10.0. The first-order valence-electron chi connectivity index (χ1n) is 5.73. The number of unbranched alkanes of at least 4 members (excludes halogenated alkanes) is 2. The number of hydrogen-bond acceptors (Lipinski definition) is 2. The molecule has 5 heteroatoms. The summed E-state index contributed by atoms with van der Waals surface area (Å²) in [4.78, 5) is 0. The quantitative estimate of drug-likeness (QED) is 0.742. The lowest BCUT2D eigenvalue weighted by molar-refractivity contribution is -0.137. The van der Waals surface area contributed by atoms with Crippen LogP contribution in [0.4, 0.5) is 13.2 Å². The highest BCUT2D eigenvalue weighted by Gasteiger charge is 2.31. The van der Waals surface area contributed by atoms with Crippen molar-refractivity contribution in [3.05, 3.63) is 29.3 Å². The predicted octanol–water partition coefficient (Wildman–Crippen LogP) is 4.15. The molecule has 0 amide bonds. The summed E-state index contributed by atoms with van der Waals surface area (Å²) in [5.74, 6) is 0.210. The van der Waals surface area contributed by atoms with Crippen molar-refractivity contribution in [2.45, 2.75) is 32.4 Å². The Morgan fingerprint density at radius 2 is 2.00 bits per heavy atom. The van der Waals surface area contributed by atoms with E-state index in [1.165, 1.54) is 6.07 Å². The third kappa shape index (κ3) is 3.95. The first-order chi connectivity index (χ1) is 8.49. The van der Waals surface area contributed by atoms with Gasteiger partial charge in [0.05, 0.1) is 17.7 Å². The monoisotopic (exact) mass is 257 g/mol. The van der Waals surface area contributed by atoms with Crippen LogP contribution in [-0.4, -0.2) is 6.61 Å². The van der Waals surface area contributed by atoms with Crippen molar-refractivity contribution in [2.24, 2.45) is 0 Å². The van der Waals surface area contributed by atoms with E-state index in [4.69, 9.17) is 10.00 Å². The summed E-state index contributed by atoms with van der Waals surface area (Å²) < 4.78 is 42.6. The SMILES string of the molecule is CCCCCOc1ccc(C(F)(F)F)cc1C#N. The summed E-state index contributed by atoms with van der Waals surface area (Å²) >= 11 is 0. The molecule has 0 atom stereocenters. The normalized spacial score (nSPS) is 11.1. The number of rotatable bonds is 5. The van der Waals surface area contributed by atoms with E-state index < -0.39 is 11.7 Å². The highest BCUT2D eigenvalue weighted by atomic mass is 19.4. The van der Waals surface area contributed by atoms with Gasteiger partial charge in [-0.15, -0.1) is 0 Å². The molecular formula is C13H14F3NO. The fourth-order valence-electron chi connectivity index (χ4n) is 1.45. The van der Waals surface area contributed by atoms with E-state index in [9.17, 15) is 13.2 Å². The van der Waals surface area contributed by atoms with Gasteiger partial charge in [-0.1, -0.05) is 19.8 Å². The third-order valence-corrected chi connectivity index (χ3v) is 2.43. The highest BCUT2D eigenvalue weighted by molar-refractivity contribution is 5.46. The summed E-state index contributed by atoms with van der Waals surface area (Å²) in [7, 11) is 0. The Morgan fingerprint density at radius 3 is 2.56 bits per heavy atom. The van der Waals surface area contributed by atoms with Gasteiger partial charge in [0, 0.05) is 0 Å². The van der Waals surface area contributed by atoms with Crippen LogP contribution in [0.3, 0.4) is 0 Å². The van der Waals surface area contributed by atoms with E-state index in [1.54, 1.807) is 6.07 Å². The van der Waals surface area contributed by atoms with Crippen LogP contribution in [-0.2, 0) is 6.18 Å². The zero-order valence-corrected chi connectivity index (χ0v) is 10.0. The number of benzene rings is 1. The zero-order chi connectivity index (χ0) is 13.6. The van der Waals surface area contributed by atoms with E-state index in [-0.39, 0.29) is 11.3 Å². The van der Waals surface area contributed by atoms with E-state index in [0.29, 0.717) is 6.61 Å². The average molecular weight is 257 g/mol. The topological polar surface area (TPSA) is 33.0 Å². The van der Waals surface area contributed by atoms with Gasteiger partial charge >= 0.3 is 6.18 Å². The number of nitrogens with zero attached hydrogens (tertiary/aromatic N) is 1. The van der Waals surface area contributed by atoms with E-state index in [0.717, 1.165) is 31.4 Å². The molecule has 0 aliphatic heterocycles. The second-order valence-corrected chi connectivity index (χ2v) is 3.88. The molecule has 1 rings (SSSR count). The Kier molecular flexibility index (Phi) is 5.02. The first kappa shape index (κ1) is 14.4. The van der Waals surface area contributed by atoms with Gasteiger partial charge in [0.15, 0.2) is 0 Å². The van der Waals surface area contributed by atoms with Gasteiger partial charge in [-0.25, -0.2) is 0 Å². The van der Waals surface area contributed by atoms with Crippen molar-refractivity contribution in [3.63, 3.8) is 0 Å². The lowest BCUT2D eigenvalue weighted by atomic mass is 10.1.